The SMILES string of the molecule is O=C(Cn1cc(NC(=O)c2ccc(-n3cccc3)cc2)cn1)NC1CCCC1. The molecule has 1 aliphatic rings. The van der Waals surface area contributed by atoms with Crippen molar-refractivity contribution < 1.29 is 9.59 Å². The maximum absolute atomic E-state index is 12.4. The van der Waals surface area contributed by atoms with Crippen molar-refractivity contribution in [3.8, 4) is 5.69 Å². The summed E-state index contributed by atoms with van der Waals surface area (Å²) in [7, 11) is 0. The molecule has 1 fully saturated rings. The second-order valence-corrected chi connectivity index (χ2v) is 7.07. The van der Waals surface area contributed by atoms with Gasteiger partial charge in [-0.1, -0.05) is 12.8 Å². The Morgan fingerprint density at radius 3 is 2.50 bits per heavy atom. The van der Waals surface area contributed by atoms with Crippen LogP contribution in [0, 0.1) is 0 Å². The zero-order chi connectivity index (χ0) is 19.3. The first kappa shape index (κ1) is 18.0. The van der Waals surface area contributed by atoms with Crippen molar-refractivity contribution in [1.29, 1.82) is 0 Å². The van der Waals surface area contributed by atoms with E-state index in [1.54, 1.807) is 24.5 Å². The Morgan fingerprint density at radius 2 is 1.79 bits per heavy atom. The van der Waals surface area contributed by atoms with E-state index in [-0.39, 0.29) is 24.4 Å². The fourth-order valence-corrected chi connectivity index (χ4v) is 3.50. The molecule has 7 heteroatoms. The molecule has 2 amide bonds. The van der Waals surface area contributed by atoms with Crippen LogP contribution in [0.2, 0.25) is 0 Å². The molecular weight excluding hydrogens is 354 g/mol. The first-order chi connectivity index (χ1) is 13.7. The van der Waals surface area contributed by atoms with E-state index in [0.717, 1.165) is 18.5 Å². The molecule has 0 atom stereocenters. The Hall–Kier alpha value is -3.35. The Bertz CT molecular complexity index is 938. The van der Waals surface area contributed by atoms with E-state index in [4.69, 9.17) is 0 Å². The highest BCUT2D eigenvalue weighted by Gasteiger charge is 2.17. The average molecular weight is 377 g/mol. The fraction of sp³-hybridized carbons (Fsp3) is 0.286. The minimum atomic E-state index is -0.214. The summed E-state index contributed by atoms with van der Waals surface area (Å²) in [5.74, 6) is -0.262. The van der Waals surface area contributed by atoms with Crippen LogP contribution in [-0.2, 0) is 11.3 Å². The molecule has 2 aromatic heterocycles. The summed E-state index contributed by atoms with van der Waals surface area (Å²) in [5.41, 5.74) is 2.11. The predicted molar refractivity (Wildman–Crippen MR) is 106 cm³/mol. The maximum atomic E-state index is 12.4. The van der Waals surface area contributed by atoms with Crippen LogP contribution in [0.15, 0.2) is 61.2 Å². The molecule has 1 aromatic carbocycles. The van der Waals surface area contributed by atoms with Crippen molar-refractivity contribution >= 4 is 17.5 Å². The Kier molecular flexibility index (Phi) is 5.23. The average Bonchev–Trinajstić information content (AvgIpc) is 3.45. The van der Waals surface area contributed by atoms with Crippen molar-refractivity contribution in [3.05, 3.63) is 66.7 Å². The third-order valence-corrected chi connectivity index (χ3v) is 4.95. The number of aromatic nitrogens is 3. The number of benzene rings is 1. The molecule has 144 valence electrons. The van der Waals surface area contributed by atoms with Gasteiger partial charge in [-0.05, 0) is 49.2 Å². The van der Waals surface area contributed by atoms with Crippen molar-refractivity contribution in [1.82, 2.24) is 19.7 Å². The Labute approximate surface area is 163 Å². The van der Waals surface area contributed by atoms with Gasteiger partial charge in [0.2, 0.25) is 5.91 Å². The van der Waals surface area contributed by atoms with Crippen LogP contribution in [0.1, 0.15) is 36.0 Å². The first-order valence-electron chi connectivity index (χ1n) is 9.54. The summed E-state index contributed by atoms with van der Waals surface area (Å²) in [5, 5.41) is 10.0. The van der Waals surface area contributed by atoms with Gasteiger partial charge in [-0.2, -0.15) is 5.10 Å². The van der Waals surface area contributed by atoms with Gasteiger partial charge in [-0.15, -0.1) is 0 Å². The summed E-state index contributed by atoms with van der Waals surface area (Å²) in [6.45, 7) is 0.151. The molecule has 3 aromatic rings. The molecule has 1 saturated carbocycles. The molecule has 0 radical (unpaired) electrons. The molecule has 28 heavy (non-hydrogen) atoms. The molecule has 0 aliphatic heterocycles. The molecule has 4 rings (SSSR count). The minimum absolute atomic E-state index is 0.0477. The van der Waals surface area contributed by atoms with E-state index in [2.05, 4.69) is 15.7 Å². The highest BCUT2D eigenvalue weighted by atomic mass is 16.2. The molecule has 0 saturated heterocycles. The van der Waals surface area contributed by atoms with E-state index >= 15 is 0 Å². The lowest BCUT2D eigenvalue weighted by Crippen LogP contribution is -2.35. The van der Waals surface area contributed by atoms with E-state index in [1.165, 1.54) is 17.5 Å². The largest absolute Gasteiger partial charge is 0.352 e. The van der Waals surface area contributed by atoms with Crippen molar-refractivity contribution in [2.45, 2.75) is 38.3 Å². The molecule has 0 bridgehead atoms. The fourth-order valence-electron chi connectivity index (χ4n) is 3.50. The lowest BCUT2D eigenvalue weighted by Gasteiger charge is -2.11. The second-order valence-electron chi connectivity index (χ2n) is 7.07. The van der Waals surface area contributed by atoms with Gasteiger partial charge >= 0.3 is 0 Å². The van der Waals surface area contributed by atoms with Gasteiger partial charge in [-0.25, -0.2) is 0 Å². The van der Waals surface area contributed by atoms with Crippen molar-refractivity contribution in [2.24, 2.45) is 0 Å². The van der Waals surface area contributed by atoms with Crippen LogP contribution < -0.4 is 10.6 Å². The standard InChI is InChI=1S/C21H23N5O2/c27-20(23-17-5-1-2-6-17)15-26-14-18(13-22-26)24-21(28)16-7-9-19(10-8-16)25-11-3-4-12-25/h3-4,7-14,17H,1-2,5-6,15H2,(H,23,27)(H,24,28). The molecule has 7 nitrogen and oxygen atoms in total. The van der Waals surface area contributed by atoms with Crippen LogP contribution in [-0.4, -0.2) is 32.2 Å². The first-order valence-corrected chi connectivity index (χ1v) is 9.54. The molecular formula is C21H23N5O2. The summed E-state index contributed by atoms with van der Waals surface area (Å²) in [4.78, 5) is 24.5. The van der Waals surface area contributed by atoms with Gasteiger partial charge < -0.3 is 15.2 Å². The number of anilines is 1. The van der Waals surface area contributed by atoms with E-state index in [1.807, 2.05) is 41.2 Å². The highest BCUT2D eigenvalue weighted by molar-refractivity contribution is 6.04. The Balaban J connectivity index is 1.33. The number of amides is 2. The topological polar surface area (TPSA) is 81.0 Å². The van der Waals surface area contributed by atoms with E-state index < -0.39 is 0 Å². The number of nitrogens with one attached hydrogen (secondary N) is 2. The maximum Gasteiger partial charge on any atom is 0.255 e. The number of carbonyl (C=O) groups excluding carboxylic acids is 2. The number of hydrogen-bond donors (Lipinski definition) is 2. The van der Waals surface area contributed by atoms with E-state index in [0.29, 0.717) is 11.3 Å². The lowest BCUT2D eigenvalue weighted by atomic mass is 10.2. The van der Waals surface area contributed by atoms with Gasteiger partial charge in [0, 0.05) is 35.9 Å². The number of nitrogens with zero attached hydrogens (tertiary/aromatic N) is 3. The van der Waals surface area contributed by atoms with E-state index in [9.17, 15) is 9.59 Å². The monoisotopic (exact) mass is 377 g/mol. The third-order valence-electron chi connectivity index (χ3n) is 4.95. The predicted octanol–water partition coefficient (Wildman–Crippen LogP) is 2.98. The molecule has 0 spiro atoms. The Morgan fingerprint density at radius 1 is 1.07 bits per heavy atom. The minimum Gasteiger partial charge on any atom is -0.352 e. The van der Waals surface area contributed by atoms with Gasteiger partial charge in [0.05, 0.1) is 11.9 Å². The second kappa shape index (κ2) is 8.12. The zero-order valence-corrected chi connectivity index (χ0v) is 15.5. The van der Waals surface area contributed by atoms with Crippen LogP contribution in [0.5, 0.6) is 0 Å². The van der Waals surface area contributed by atoms with Crippen LogP contribution in [0.25, 0.3) is 5.69 Å². The van der Waals surface area contributed by atoms with Crippen molar-refractivity contribution in [3.63, 3.8) is 0 Å². The lowest BCUT2D eigenvalue weighted by molar-refractivity contribution is -0.122. The molecule has 2 heterocycles. The molecule has 2 N–H and O–H groups in total. The summed E-state index contributed by atoms with van der Waals surface area (Å²) >= 11 is 0. The van der Waals surface area contributed by atoms with Crippen LogP contribution in [0.4, 0.5) is 5.69 Å². The number of carbonyl (C=O) groups is 2. The summed E-state index contributed by atoms with van der Waals surface area (Å²) in [6.07, 6.45) is 11.6. The van der Waals surface area contributed by atoms with Crippen LogP contribution >= 0.6 is 0 Å². The third kappa shape index (κ3) is 4.31. The number of rotatable bonds is 6. The highest BCUT2D eigenvalue weighted by Crippen LogP contribution is 2.17. The smallest absolute Gasteiger partial charge is 0.255 e. The van der Waals surface area contributed by atoms with Crippen molar-refractivity contribution in [2.75, 3.05) is 5.32 Å². The molecule has 0 unspecified atom stereocenters. The summed E-state index contributed by atoms with van der Waals surface area (Å²) in [6, 6.07) is 11.5. The quantitative estimate of drug-likeness (QED) is 0.693. The van der Waals surface area contributed by atoms with Gasteiger partial charge in [0.25, 0.3) is 5.91 Å². The number of hydrogen-bond acceptors (Lipinski definition) is 3. The van der Waals surface area contributed by atoms with Gasteiger partial charge in [0.1, 0.15) is 6.54 Å². The normalized spacial score (nSPS) is 14.1. The van der Waals surface area contributed by atoms with Crippen LogP contribution in [0.3, 0.4) is 0 Å². The summed E-state index contributed by atoms with van der Waals surface area (Å²) < 4.78 is 3.51. The molecule has 1 aliphatic carbocycles. The zero-order valence-electron chi connectivity index (χ0n) is 15.5. The van der Waals surface area contributed by atoms with Gasteiger partial charge in [-0.3, -0.25) is 14.3 Å². The van der Waals surface area contributed by atoms with Gasteiger partial charge in [0.15, 0.2) is 0 Å².